The van der Waals surface area contributed by atoms with Gasteiger partial charge in [-0.3, -0.25) is 0 Å². The van der Waals surface area contributed by atoms with E-state index in [1.807, 2.05) is 0 Å². The van der Waals surface area contributed by atoms with E-state index >= 15 is 0 Å². The van der Waals surface area contributed by atoms with Crippen molar-refractivity contribution >= 4 is 5.97 Å². The first-order valence-corrected chi connectivity index (χ1v) is 11.1. The number of halogens is 3. The summed E-state index contributed by atoms with van der Waals surface area (Å²) in [6, 6.07) is 6.55. The summed E-state index contributed by atoms with van der Waals surface area (Å²) >= 11 is 0. The number of unbranched alkanes of at least 4 members (excludes halogenated alkanes) is 1. The lowest BCUT2D eigenvalue weighted by molar-refractivity contribution is 0.0116. The number of carbonyl (C=O) groups excluding carboxylic acids is 1. The van der Waals surface area contributed by atoms with Crippen molar-refractivity contribution in [3.63, 3.8) is 0 Å². The van der Waals surface area contributed by atoms with E-state index in [1.54, 1.807) is 6.07 Å². The van der Waals surface area contributed by atoms with Crippen molar-refractivity contribution < 1.29 is 32.2 Å². The van der Waals surface area contributed by atoms with Crippen LogP contribution in [0.1, 0.15) is 61.4 Å². The number of carbonyl (C=O) groups is 1. The van der Waals surface area contributed by atoms with Gasteiger partial charge in [0, 0.05) is 24.8 Å². The molecule has 0 heterocycles. The lowest BCUT2D eigenvalue weighted by Gasteiger charge is -2.28. The van der Waals surface area contributed by atoms with E-state index in [0.717, 1.165) is 75.5 Å². The van der Waals surface area contributed by atoms with Gasteiger partial charge in [-0.15, -0.1) is 0 Å². The maximum absolute atomic E-state index is 14.5. The number of benzene rings is 2. The molecule has 1 aliphatic carbocycles. The molecule has 8 heteroatoms. The smallest absolute Gasteiger partial charge is 0.349 e. The monoisotopic (exact) mass is 461 g/mol. The summed E-state index contributed by atoms with van der Waals surface area (Å²) in [5.41, 5.74) is -1.15. The predicted molar refractivity (Wildman–Crippen MR) is 115 cm³/mol. The molecule has 1 fully saturated rings. The Morgan fingerprint density at radius 1 is 1.03 bits per heavy atom. The number of rotatable bonds is 9. The molecule has 0 aliphatic heterocycles. The van der Waals surface area contributed by atoms with Gasteiger partial charge in [0.05, 0.1) is 18.3 Å². The Morgan fingerprint density at radius 2 is 1.70 bits per heavy atom. The zero-order valence-corrected chi connectivity index (χ0v) is 18.4. The minimum absolute atomic E-state index is 0.0210. The van der Waals surface area contributed by atoms with Crippen molar-refractivity contribution in [3.05, 3.63) is 58.9 Å². The summed E-state index contributed by atoms with van der Waals surface area (Å²) in [5.74, 6) is -4.54. The Hall–Kier alpha value is -3.05. The number of nitriles is 1. The van der Waals surface area contributed by atoms with Crippen molar-refractivity contribution in [2.75, 3.05) is 13.2 Å². The van der Waals surface area contributed by atoms with Gasteiger partial charge in [-0.2, -0.15) is 5.26 Å². The molecular weight excluding hydrogens is 435 g/mol. The van der Waals surface area contributed by atoms with E-state index in [-0.39, 0.29) is 29.1 Å². The molecular formula is C25H26F3NO4. The summed E-state index contributed by atoms with van der Waals surface area (Å²) in [5, 5.41) is 8.73. The number of hydrogen-bond acceptors (Lipinski definition) is 5. The molecule has 5 nitrogen and oxygen atoms in total. The third-order valence-corrected chi connectivity index (χ3v) is 5.62. The Labute approximate surface area is 191 Å². The van der Waals surface area contributed by atoms with E-state index in [2.05, 4.69) is 6.92 Å². The number of hydrogen-bond donors (Lipinski definition) is 0. The van der Waals surface area contributed by atoms with E-state index in [0.29, 0.717) is 6.61 Å². The molecule has 176 valence electrons. The summed E-state index contributed by atoms with van der Waals surface area (Å²) in [4.78, 5) is 12.2. The van der Waals surface area contributed by atoms with Gasteiger partial charge in [-0.1, -0.05) is 13.3 Å². The average molecular weight is 461 g/mol. The van der Waals surface area contributed by atoms with Crippen LogP contribution in [0.5, 0.6) is 11.5 Å². The van der Waals surface area contributed by atoms with Crippen LogP contribution >= 0.6 is 0 Å². The standard InChI is InChI=1S/C25H26F3NO4/c1-2-3-10-31-18-7-4-16(5-8-18)15-32-20-12-22(27)24(23(28)13-20)25(30)33-19-9-6-17(14-29)21(26)11-19/h6,9,11-13,16,18H,2-5,7-8,10,15H2,1H3/t16-,18-. The first kappa shape index (κ1) is 24.6. The van der Waals surface area contributed by atoms with Crippen LogP contribution in [0.3, 0.4) is 0 Å². The molecule has 2 aromatic carbocycles. The maximum atomic E-state index is 14.5. The molecule has 0 radical (unpaired) electrons. The molecule has 0 bridgehead atoms. The number of esters is 1. The van der Waals surface area contributed by atoms with Crippen LogP contribution in [0.15, 0.2) is 30.3 Å². The normalized spacial score (nSPS) is 17.9. The second-order valence-corrected chi connectivity index (χ2v) is 8.08. The van der Waals surface area contributed by atoms with Gasteiger partial charge in [0.1, 0.15) is 40.6 Å². The molecule has 0 aromatic heterocycles. The summed E-state index contributed by atoms with van der Waals surface area (Å²) in [6.07, 6.45) is 6.09. The van der Waals surface area contributed by atoms with E-state index in [9.17, 15) is 18.0 Å². The average Bonchev–Trinajstić information content (AvgIpc) is 2.78. The van der Waals surface area contributed by atoms with Crippen LogP contribution in [0.4, 0.5) is 13.2 Å². The first-order chi connectivity index (χ1) is 15.9. The quantitative estimate of drug-likeness (QED) is 0.262. The van der Waals surface area contributed by atoms with Crippen LogP contribution in [0.2, 0.25) is 0 Å². The van der Waals surface area contributed by atoms with Crippen molar-refractivity contribution in [2.24, 2.45) is 5.92 Å². The Bertz CT molecular complexity index is 990. The van der Waals surface area contributed by atoms with E-state index in [4.69, 9.17) is 19.5 Å². The molecule has 2 aromatic rings. The molecule has 0 unspecified atom stereocenters. The Kier molecular flexibility index (Phi) is 8.72. The highest BCUT2D eigenvalue weighted by atomic mass is 19.1. The summed E-state index contributed by atoms with van der Waals surface area (Å²) < 4.78 is 58.9. The number of ether oxygens (including phenoxy) is 3. The van der Waals surface area contributed by atoms with Gasteiger partial charge in [0.15, 0.2) is 0 Å². The highest BCUT2D eigenvalue weighted by Gasteiger charge is 2.24. The van der Waals surface area contributed by atoms with Crippen molar-refractivity contribution in [1.82, 2.24) is 0 Å². The molecule has 0 amide bonds. The molecule has 0 saturated heterocycles. The van der Waals surface area contributed by atoms with Crippen LogP contribution < -0.4 is 9.47 Å². The molecule has 0 atom stereocenters. The Balaban J connectivity index is 1.55. The fourth-order valence-electron chi connectivity index (χ4n) is 3.71. The van der Waals surface area contributed by atoms with Crippen LogP contribution in [-0.2, 0) is 4.74 Å². The molecule has 3 rings (SSSR count). The van der Waals surface area contributed by atoms with Crippen molar-refractivity contribution in [1.29, 1.82) is 5.26 Å². The SMILES string of the molecule is CCCCO[C@H]1CC[C@H](COc2cc(F)c(C(=O)Oc3ccc(C#N)c(F)c3)c(F)c2)CC1. The molecule has 0 spiro atoms. The largest absolute Gasteiger partial charge is 0.493 e. The van der Waals surface area contributed by atoms with Crippen LogP contribution in [-0.4, -0.2) is 25.3 Å². The number of nitrogens with zero attached hydrogens (tertiary/aromatic N) is 1. The van der Waals surface area contributed by atoms with Crippen LogP contribution in [0, 0.1) is 34.7 Å². The van der Waals surface area contributed by atoms with Gasteiger partial charge >= 0.3 is 5.97 Å². The lowest BCUT2D eigenvalue weighted by atomic mass is 9.88. The summed E-state index contributed by atoms with van der Waals surface area (Å²) in [7, 11) is 0. The highest BCUT2D eigenvalue weighted by Crippen LogP contribution is 2.28. The van der Waals surface area contributed by atoms with E-state index in [1.165, 1.54) is 0 Å². The third-order valence-electron chi connectivity index (χ3n) is 5.62. The first-order valence-electron chi connectivity index (χ1n) is 11.1. The molecule has 0 N–H and O–H groups in total. The Morgan fingerprint density at radius 3 is 2.30 bits per heavy atom. The van der Waals surface area contributed by atoms with Crippen molar-refractivity contribution in [3.8, 4) is 17.6 Å². The zero-order chi connectivity index (χ0) is 23.8. The van der Waals surface area contributed by atoms with Crippen molar-refractivity contribution in [2.45, 2.75) is 51.6 Å². The predicted octanol–water partition coefficient (Wildman–Crippen LogP) is 5.95. The lowest BCUT2D eigenvalue weighted by Crippen LogP contribution is -2.25. The fourth-order valence-corrected chi connectivity index (χ4v) is 3.71. The van der Waals surface area contributed by atoms with Gasteiger partial charge in [0.25, 0.3) is 0 Å². The zero-order valence-electron chi connectivity index (χ0n) is 18.4. The van der Waals surface area contributed by atoms with Gasteiger partial charge in [-0.25, -0.2) is 18.0 Å². The maximum Gasteiger partial charge on any atom is 0.349 e. The van der Waals surface area contributed by atoms with Crippen LogP contribution in [0.25, 0.3) is 0 Å². The van der Waals surface area contributed by atoms with Gasteiger partial charge in [0.2, 0.25) is 0 Å². The summed E-state index contributed by atoms with van der Waals surface area (Å²) in [6.45, 7) is 3.21. The van der Waals surface area contributed by atoms with E-state index < -0.39 is 29.0 Å². The molecule has 1 saturated carbocycles. The minimum atomic E-state index is -1.32. The second kappa shape index (κ2) is 11.7. The second-order valence-electron chi connectivity index (χ2n) is 8.08. The minimum Gasteiger partial charge on any atom is -0.493 e. The van der Waals surface area contributed by atoms with Gasteiger partial charge in [-0.05, 0) is 50.2 Å². The highest BCUT2D eigenvalue weighted by molar-refractivity contribution is 5.91. The molecule has 33 heavy (non-hydrogen) atoms. The topological polar surface area (TPSA) is 68.6 Å². The van der Waals surface area contributed by atoms with Gasteiger partial charge < -0.3 is 14.2 Å². The molecule has 1 aliphatic rings. The fraction of sp³-hybridized carbons (Fsp3) is 0.440. The third kappa shape index (κ3) is 6.72.